The average molecular weight is 279 g/mol. The van der Waals surface area contributed by atoms with Crippen LogP contribution in [0.25, 0.3) is 0 Å². The number of hydrogen-bond acceptors (Lipinski definition) is 2. The van der Waals surface area contributed by atoms with Crippen molar-refractivity contribution >= 4 is 0 Å². The Morgan fingerprint density at radius 1 is 0.857 bits per heavy atom. The summed E-state index contributed by atoms with van der Waals surface area (Å²) in [7, 11) is 0. The fraction of sp³-hybridized carbons (Fsp3) is 0.368. The summed E-state index contributed by atoms with van der Waals surface area (Å²) in [6, 6.07) is 18.0. The lowest BCUT2D eigenvalue weighted by Crippen LogP contribution is -2.30. The predicted octanol–water partition coefficient (Wildman–Crippen LogP) is 4.35. The molecule has 0 amide bonds. The molecule has 2 heteroatoms. The van der Waals surface area contributed by atoms with Crippen LogP contribution in [0, 0.1) is 0 Å². The Kier molecular flexibility index (Phi) is 3.19. The van der Waals surface area contributed by atoms with Gasteiger partial charge in [-0.25, -0.2) is 0 Å². The van der Waals surface area contributed by atoms with Crippen LogP contribution in [0.4, 0.5) is 0 Å². The molecule has 3 atom stereocenters. The van der Waals surface area contributed by atoms with E-state index in [1.54, 1.807) is 0 Å². The standard InChI is InChI=1S/C19H21NO/c1-13-10-11-17(15-7-3-2-6-14(13)15)20-18-12-21-19-9-5-4-8-16(18)19/h2-9,13,17-18,20H,10-12H2,1H3. The molecular formula is C19H21NO. The number of para-hydroxylation sites is 1. The van der Waals surface area contributed by atoms with Gasteiger partial charge in [-0.2, -0.15) is 0 Å². The van der Waals surface area contributed by atoms with Crippen LogP contribution < -0.4 is 10.1 Å². The van der Waals surface area contributed by atoms with Gasteiger partial charge in [0.05, 0.1) is 6.04 Å². The molecule has 0 bridgehead atoms. The maximum absolute atomic E-state index is 5.80. The van der Waals surface area contributed by atoms with Crippen molar-refractivity contribution in [3.8, 4) is 5.75 Å². The third-order valence-electron chi connectivity index (χ3n) is 4.89. The van der Waals surface area contributed by atoms with E-state index in [1.807, 2.05) is 6.07 Å². The SMILES string of the molecule is CC1CCC(NC2COc3ccccc32)c2ccccc21. The minimum absolute atomic E-state index is 0.313. The Labute approximate surface area is 126 Å². The van der Waals surface area contributed by atoms with Crippen LogP contribution in [-0.4, -0.2) is 6.61 Å². The van der Waals surface area contributed by atoms with Crippen LogP contribution in [0.2, 0.25) is 0 Å². The molecule has 2 aromatic carbocycles. The van der Waals surface area contributed by atoms with Crippen molar-refractivity contribution in [3.05, 3.63) is 65.2 Å². The Morgan fingerprint density at radius 2 is 1.57 bits per heavy atom. The summed E-state index contributed by atoms with van der Waals surface area (Å²) in [4.78, 5) is 0. The van der Waals surface area contributed by atoms with Crippen LogP contribution in [0.15, 0.2) is 48.5 Å². The average Bonchev–Trinajstić information content (AvgIpc) is 2.94. The molecule has 108 valence electrons. The van der Waals surface area contributed by atoms with Crippen LogP contribution in [-0.2, 0) is 0 Å². The molecule has 2 aliphatic rings. The zero-order chi connectivity index (χ0) is 14.2. The van der Waals surface area contributed by atoms with Crippen molar-refractivity contribution in [2.75, 3.05) is 6.61 Å². The summed E-state index contributed by atoms with van der Waals surface area (Å²) in [5, 5.41) is 3.83. The molecule has 0 aromatic heterocycles. The molecule has 1 aliphatic heterocycles. The first-order valence-corrected chi connectivity index (χ1v) is 7.89. The van der Waals surface area contributed by atoms with E-state index in [0.717, 1.165) is 12.4 Å². The maximum Gasteiger partial charge on any atom is 0.124 e. The van der Waals surface area contributed by atoms with Crippen LogP contribution in [0.5, 0.6) is 5.75 Å². The summed E-state index contributed by atoms with van der Waals surface area (Å²) >= 11 is 0. The Bertz CT molecular complexity index is 652. The first-order valence-electron chi connectivity index (χ1n) is 7.89. The molecule has 0 saturated heterocycles. The van der Waals surface area contributed by atoms with Gasteiger partial charge in [0, 0.05) is 11.6 Å². The monoisotopic (exact) mass is 279 g/mol. The second-order valence-electron chi connectivity index (χ2n) is 6.23. The number of benzene rings is 2. The molecule has 1 heterocycles. The molecule has 4 rings (SSSR count). The Hall–Kier alpha value is -1.80. The number of ether oxygens (including phenoxy) is 1. The highest BCUT2D eigenvalue weighted by Gasteiger charge is 2.30. The van der Waals surface area contributed by atoms with Crippen molar-refractivity contribution in [1.29, 1.82) is 0 Å². The zero-order valence-corrected chi connectivity index (χ0v) is 12.4. The second-order valence-corrected chi connectivity index (χ2v) is 6.23. The molecule has 0 saturated carbocycles. The van der Waals surface area contributed by atoms with Gasteiger partial charge in [-0.05, 0) is 36.0 Å². The molecule has 0 fully saturated rings. The van der Waals surface area contributed by atoms with E-state index < -0.39 is 0 Å². The lowest BCUT2D eigenvalue weighted by Gasteiger charge is -2.32. The molecule has 0 radical (unpaired) electrons. The van der Waals surface area contributed by atoms with Gasteiger partial charge in [0.25, 0.3) is 0 Å². The highest BCUT2D eigenvalue weighted by Crippen LogP contribution is 2.40. The number of hydrogen-bond donors (Lipinski definition) is 1. The summed E-state index contributed by atoms with van der Waals surface area (Å²) in [6.45, 7) is 3.08. The first kappa shape index (κ1) is 12.9. The number of rotatable bonds is 2. The highest BCUT2D eigenvalue weighted by molar-refractivity contribution is 5.40. The van der Waals surface area contributed by atoms with Crippen LogP contribution in [0.1, 0.15) is 54.5 Å². The second kappa shape index (κ2) is 5.19. The number of fused-ring (bicyclic) bond motifs is 2. The fourth-order valence-corrected chi connectivity index (χ4v) is 3.72. The largest absolute Gasteiger partial charge is 0.491 e. The molecule has 3 unspecified atom stereocenters. The van der Waals surface area contributed by atoms with E-state index in [9.17, 15) is 0 Å². The third kappa shape index (κ3) is 2.24. The van der Waals surface area contributed by atoms with E-state index in [1.165, 1.54) is 29.5 Å². The van der Waals surface area contributed by atoms with Crippen LogP contribution in [0.3, 0.4) is 0 Å². The summed E-state index contributed by atoms with van der Waals surface area (Å²) in [5.41, 5.74) is 4.28. The van der Waals surface area contributed by atoms with Gasteiger partial charge >= 0.3 is 0 Å². The van der Waals surface area contributed by atoms with Crippen molar-refractivity contribution in [3.63, 3.8) is 0 Å². The smallest absolute Gasteiger partial charge is 0.124 e. The maximum atomic E-state index is 5.80. The lowest BCUT2D eigenvalue weighted by molar-refractivity contribution is 0.287. The molecule has 21 heavy (non-hydrogen) atoms. The van der Waals surface area contributed by atoms with Gasteiger partial charge in [-0.3, -0.25) is 0 Å². The van der Waals surface area contributed by atoms with Gasteiger partial charge in [-0.15, -0.1) is 0 Å². The van der Waals surface area contributed by atoms with E-state index in [2.05, 4.69) is 54.7 Å². The number of nitrogens with one attached hydrogen (secondary N) is 1. The minimum atomic E-state index is 0.313. The summed E-state index contributed by atoms with van der Waals surface area (Å²) in [5.74, 6) is 1.71. The zero-order valence-electron chi connectivity index (χ0n) is 12.4. The van der Waals surface area contributed by atoms with E-state index in [4.69, 9.17) is 4.74 Å². The molecule has 1 aliphatic carbocycles. The summed E-state index contributed by atoms with van der Waals surface area (Å²) in [6.07, 6.45) is 2.46. The van der Waals surface area contributed by atoms with Gasteiger partial charge in [0.15, 0.2) is 0 Å². The Balaban J connectivity index is 1.61. The van der Waals surface area contributed by atoms with E-state index >= 15 is 0 Å². The predicted molar refractivity (Wildman–Crippen MR) is 84.6 cm³/mol. The van der Waals surface area contributed by atoms with E-state index in [-0.39, 0.29) is 0 Å². The molecular weight excluding hydrogens is 258 g/mol. The molecule has 1 N–H and O–H groups in total. The first-order chi connectivity index (χ1) is 10.3. The van der Waals surface area contributed by atoms with Crippen molar-refractivity contribution in [2.45, 2.75) is 37.8 Å². The minimum Gasteiger partial charge on any atom is -0.491 e. The molecule has 2 nitrogen and oxygen atoms in total. The van der Waals surface area contributed by atoms with Gasteiger partial charge in [0.2, 0.25) is 0 Å². The van der Waals surface area contributed by atoms with Crippen molar-refractivity contribution < 1.29 is 4.74 Å². The summed E-state index contributed by atoms with van der Waals surface area (Å²) < 4.78 is 5.80. The van der Waals surface area contributed by atoms with E-state index in [0.29, 0.717) is 18.0 Å². The lowest BCUT2D eigenvalue weighted by atomic mass is 9.80. The Morgan fingerprint density at radius 3 is 2.43 bits per heavy atom. The van der Waals surface area contributed by atoms with Gasteiger partial charge in [0.1, 0.15) is 12.4 Å². The van der Waals surface area contributed by atoms with Crippen LogP contribution >= 0.6 is 0 Å². The quantitative estimate of drug-likeness (QED) is 0.882. The van der Waals surface area contributed by atoms with Crippen molar-refractivity contribution in [1.82, 2.24) is 5.32 Å². The van der Waals surface area contributed by atoms with Crippen molar-refractivity contribution in [2.24, 2.45) is 0 Å². The highest BCUT2D eigenvalue weighted by atomic mass is 16.5. The molecule has 0 spiro atoms. The van der Waals surface area contributed by atoms with Gasteiger partial charge in [-0.1, -0.05) is 49.4 Å². The topological polar surface area (TPSA) is 21.3 Å². The fourth-order valence-electron chi connectivity index (χ4n) is 3.72. The van der Waals surface area contributed by atoms with Gasteiger partial charge < -0.3 is 10.1 Å². The normalized spacial score (nSPS) is 26.8. The third-order valence-corrected chi connectivity index (χ3v) is 4.89. The molecule has 2 aromatic rings.